The maximum Gasteiger partial charge on any atom is 0.416 e. The van der Waals surface area contributed by atoms with Gasteiger partial charge in [0.15, 0.2) is 0 Å². The third-order valence-corrected chi connectivity index (χ3v) is 3.57. The minimum atomic E-state index is -4.52. The molecule has 0 spiro atoms. The molecule has 5 heteroatoms. The Labute approximate surface area is 109 Å². The maximum absolute atomic E-state index is 12.9. The molecule has 0 unspecified atom stereocenters. The zero-order valence-electron chi connectivity index (χ0n) is 10.3. The molecule has 1 fully saturated rings. The minimum absolute atomic E-state index is 0.143. The number of rotatable bonds is 2. The van der Waals surface area contributed by atoms with E-state index in [9.17, 15) is 23.1 Å². The van der Waals surface area contributed by atoms with Crippen molar-refractivity contribution in [1.29, 1.82) is 0 Å². The predicted octanol–water partition coefficient (Wildman–Crippen LogP) is 3.50. The van der Waals surface area contributed by atoms with Gasteiger partial charge in [0.1, 0.15) is 5.78 Å². The Hall–Kier alpha value is -1.36. The number of alkyl halides is 3. The van der Waals surface area contributed by atoms with Crippen LogP contribution in [0.25, 0.3) is 0 Å². The van der Waals surface area contributed by atoms with Gasteiger partial charge < -0.3 is 5.11 Å². The normalized spacial score (nSPS) is 22.3. The van der Waals surface area contributed by atoms with E-state index in [4.69, 9.17) is 0 Å². The Balaban J connectivity index is 2.33. The number of halogens is 3. The highest BCUT2D eigenvalue weighted by molar-refractivity contribution is 5.82. The van der Waals surface area contributed by atoms with Gasteiger partial charge >= 0.3 is 6.18 Å². The van der Waals surface area contributed by atoms with Gasteiger partial charge in [-0.25, -0.2) is 0 Å². The first-order valence-electron chi connectivity index (χ1n) is 6.28. The number of benzene rings is 1. The molecule has 0 radical (unpaired) electrons. The lowest BCUT2D eigenvalue weighted by molar-refractivity contribution is -0.141. The second kappa shape index (κ2) is 5.33. The van der Waals surface area contributed by atoms with Gasteiger partial charge in [-0.1, -0.05) is 24.6 Å². The minimum Gasteiger partial charge on any atom is -0.388 e. The van der Waals surface area contributed by atoms with Gasteiger partial charge in [0, 0.05) is 12.3 Å². The lowest BCUT2D eigenvalue weighted by Crippen LogP contribution is -2.27. The number of Topliss-reactive ketones (excluding diaryl/α,β-unsaturated/α-hetero) is 1. The highest BCUT2D eigenvalue weighted by Crippen LogP contribution is 2.39. The molecule has 1 saturated carbocycles. The number of ketones is 1. The van der Waals surface area contributed by atoms with Crippen molar-refractivity contribution in [2.45, 2.75) is 38.0 Å². The zero-order valence-corrected chi connectivity index (χ0v) is 10.3. The molecular weight excluding hydrogens is 257 g/mol. The van der Waals surface area contributed by atoms with E-state index >= 15 is 0 Å². The van der Waals surface area contributed by atoms with E-state index in [1.165, 1.54) is 18.2 Å². The van der Waals surface area contributed by atoms with Crippen molar-refractivity contribution in [3.05, 3.63) is 35.4 Å². The SMILES string of the molecule is O=C1CCCC[C@@H]1[C@@H](O)c1ccccc1C(F)(F)F. The Bertz CT molecular complexity index is 468. The highest BCUT2D eigenvalue weighted by Gasteiger charge is 2.38. The first kappa shape index (κ1) is 14.1. The predicted molar refractivity (Wildman–Crippen MR) is 63.4 cm³/mol. The lowest BCUT2D eigenvalue weighted by atomic mass is 9.80. The monoisotopic (exact) mass is 272 g/mol. The summed E-state index contributed by atoms with van der Waals surface area (Å²) in [5.74, 6) is -0.854. The fraction of sp³-hybridized carbons (Fsp3) is 0.500. The van der Waals surface area contributed by atoms with Crippen molar-refractivity contribution in [3.8, 4) is 0 Å². The van der Waals surface area contributed by atoms with E-state index in [1.54, 1.807) is 0 Å². The fourth-order valence-electron chi connectivity index (χ4n) is 2.57. The van der Waals surface area contributed by atoms with Crippen LogP contribution in [0.5, 0.6) is 0 Å². The summed E-state index contributed by atoms with van der Waals surface area (Å²) in [6.07, 6.45) is -3.58. The summed E-state index contributed by atoms with van der Waals surface area (Å²) < 4.78 is 38.6. The van der Waals surface area contributed by atoms with E-state index in [-0.39, 0.29) is 11.3 Å². The molecule has 2 rings (SSSR count). The zero-order chi connectivity index (χ0) is 14.0. The molecule has 0 amide bonds. The average molecular weight is 272 g/mol. The molecule has 1 aromatic rings. The van der Waals surface area contributed by atoms with Gasteiger partial charge in [0.2, 0.25) is 0 Å². The molecule has 19 heavy (non-hydrogen) atoms. The second-order valence-electron chi connectivity index (χ2n) is 4.85. The van der Waals surface area contributed by atoms with Gasteiger partial charge in [-0.3, -0.25) is 4.79 Å². The third-order valence-electron chi connectivity index (χ3n) is 3.57. The van der Waals surface area contributed by atoms with Gasteiger partial charge in [-0.15, -0.1) is 0 Å². The van der Waals surface area contributed by atoms with Crippen molar-refractivity contribution in [1.82, 2.24) is 0 Å². The van der Waals surface area contributed by atoms with E-state index in [0.717, 1.165) is 18.9 Å². The third kappa shape index (κ3) is 2.97. The number of carbonyl (C=O) groups is 1. The molecule has 1 N–H and O–H groups in total. The number of hydrogen-bond acceptors (Lipinski definition) is 2. The van der Waals surface area contributed by atoms with Gasteiger partial charge in [0.25, 0.3) is 0 Å². The summed E-state index contributed by atoms with van der Waals surface area (Å²) in [4.78, 5) is 11.7. The first-order chi connectivity index (χ1) is 8.91. The van der Waals surface area contributed by atoms with E-state index < -0.39 is 23.8 Å². The van der Waals surface area contributed by atoms with Crippen LogP contribution in [0.2, 0.25) is 0 Å². The summed E-state index contributed by atoms with van der Waals surface area (Å²) in [6.45, 7) is 0. The fourth-order valence-corrected chi connectivity index (χ4v) is 2.57. The molecule has 0 bridgehead atoms. The van der Waals surface area contributed by atoms with Crippen LogP contribution in [0.4, 0.5) is 13.2 Å². The molecule has 1 aliphatic rings. The molecular formula is C14H15F3O2. The van der Waals surface area contributed by atoms with E-state index in [0.29, 0.717) is 12.8 Å². The summed E-state index contributed by atoms with van der Waals surface area (Å²) in [5.41, 5.74) is -1.06. The van der Waals surface area contributed by atoms with Crippen molar-refractivity contribution < 1.29 is 23.1 Å². The molecule has 2 atom stereocenters. The Morgan fingerprint density at radius 2 is 1.89 bits per heavy atom. The Morgan fingerprint density at radius 3 is 2.53 bits per heavy atom. The standard InChI is InChI=1S/C14H15F3O2/c15-14(16,17)11-7-3-1-5-9(11)13(19)10-6-2-4-8-12(10)18/h1,3,5,7,10,13,19H,2,4,6,8H2/t10-,13-/m0/s1. The smallest absolute Gasteiger partial charge is 0.388 e. The molecule has 1 aliphatic carbocycles. The highest BCUT2D eigenvalue weighted by atomic mass is 19.4. The molecule has 0 aromatic heterocycles. The van der Waals surface area contributed by atoms with Crippen LogP contribution in [0, 0.1) is 5.92 Å². The van der Waals surface area contributed by atoms with Crippen LogP contribution < -0.4 is 0 Å². The number of hydrogen-bond donors (Lipinski definition) is 1. The maximum atomic E-state index is 12.9. The molecule has 1 aromatic carbocycles. The average Bonchev–Trinajstić information content (AvgIpc) is 2.37. The van der Waals surface area contributed by atoms with Crippen LogP contribution >= 0.6 is 0 Å². The van der Waals surface area contributed by atoms with Crippen LogP contribution in [0.15, 0.2) is 24.3 Å². The van der Waals surface area contributed by atoms with Crippen molar-refractivity contribution >= 4 is 5.78 Å². The van der Waals surface area contributed by atoms with E-state index in [2.05, 4.69) is 0 Å². The number of carbonyl (C=O) groups excluding carboxylic acids is 1. The van der Waals surface area contributed by atoms with Crippen LogP contribution in [0.1, 0.15) is 42.9 Å². The summed E-state index contributed by atoms with van der Waals surface area (Å²) in [6, 6.07) is 4.91. The molecule has 0 saturated heterocycles. The van der Waals surface area contributed by atoms with Gasteiger partial charge in [-0.05, 0) is 24.5 Å². The van der Waals surface area contributed by atoms with Crippen LogP contribution in [-0.2, 0) is 11.0 Å². The lowest BCUT2D eigenvalue weighted by Gasteiger charge is -2.27. The van der Waals surface area contributed by atoms with Crippen molar-refractivity contribution in [2.24, 2.45) is 5.92 Å². The quantitative estimate of drug-likeness (QED) is 0.894. The van der Waals surface area contributed by atoms with Crippen LogP contribution in [0.3, 0.4) is 0 Å². The topological polar surface area (TPSA) is 37.3 Å². The summed E-state index contributed by atoms with van der Waals surface area (Å²) in [7, 11) is 0. The summed E-state index contributed by atoms with van der Waals surface area (Å²) in [5, 5.41) is 10.1. The van der Waals surface area contributed by atoms with Gasteiger partial charge in [-0.2, -0.15) is 13.2 Å². The molecule has 0 heterocycles. The van der Waals surface area contributed by atoms with Gasteiger partial charge in [0.05, 0.1) is 11.7 Å². The Kier molecular flexibility index (Phi) is 3.94. The second-order valence-corrected chi connectivity index (χ2v) is 4.85. The molecule has 104 valence electrons. The van der Waals surface area contributed by atoms with Crippen molar-refractivity contribution in [2.75, 3.05) is 0 Å². The molecule has 2 nitrogen and oxygen atoms in total. The largest absolute Gasteiger partial charge is 0.416 e. The first-order valence-corrected chi connectivity index (χ1v) is 6.28. The summed E-state index contributed by atoms with van der Waals surface area (Å²) >= 11 is 0. The number of aliphatic hydroxyl groups excluding tert-OH is 1. The van der Waals surface area contributed by atoms with Crippen LogP contribution in [-0.4, -0.2) is 10.9 Å². The Morgan fingerprint density at radius 1 is 1.21 bits per heavy atom. The van der Waals surface area contributed by atoms with E-state index in [1.807, 2.05) is 0 Å². The number of aliphatic hydroxyl groups is 1. The molecule has 0 aliphatic heterocycles. The van der Waals surface area contributed by atoms with Crippen molar-refractivity contribution in [3.63, 3.8) is 0 Å².